The van der Waals surface area contributed by atoms with Crippen LogP contribution in [0.3, 0.4) is 0 Å². The molecule has 0 radical (unpaired) electrons. The lowest BCUT2D eigenvalue weighted by Gasteiger charge is -2.25. The molecule has 2 heterocycles. The first-order valence-corrected chi connectivity index (χ1v) is 5.86. The van der Waals surface area contributed by atoms with Gasteiger partial charge in [-0.05, 0) is 25.9 Å². The molecule has 0 bridgehead atoms. The molecule has 2 rings (SSSR count). The topological polar surface area (TPSA) is 16.1 Å². The molecule has 1 fully saturated rings. The predicted octanol–water partition coefficient (Wildman–Crippen LogP) is 2.78. The van der Waals surface area contributed by atoms with E-state index in [4.69, 9.17) is 11.6 Å². The van der Waals surface area contributed by atoms with Crippen molar-refractivity contribution in [1.82, 2.24) is 9.88 Å². The highest BCUT2D eigenvalue weighted by molar-refractivity contribution is 7.15. The lowest BCUT2D eigenvalue weighted by atomic mass is 10.1. The standard InChI is InChI=1S/C9H13ClN2S/c10-8-6-11-9(13-8)7-12-4-2-1-3-5-12/h6H,1-5,7H2. The van der Waals surface area contributed by atoms with E-state index >= 15 is 0 Å². The molecule has 1 aromatic heterocycles. The van der Waals surface area contributed by atoms with Crippen LogP contribution in [0.2, 0.25) is 4.34 Å². The molecule has 1 aromatic rings. The molecule has 2 nitrogen and oxygen atoms in total. The van der Waals surface area contributed by atoms with Gasteiger partial charge in [0.1, 0.15) is 9.34 Å². The van der Waals surface area contributed by atoms with Crippen LogP contribution in [-0.2, 0) is 6.54 Å². The number of aromatic nitrogens is 1. The molecule has 0 atom stereocenters. The van der Waals surface area contributed by atoms with Gasteiger partial charge in [0, 0.05) is 0 Å². The minimum absolute atomic E-state index is 0.798. The molecule has 0 aromatic carbocycles. The second kappa shape index (κ2) is 4.40. The molecule has 0 N–H and O–H groups in total. The van der Waals surface area contributed by atoms with E-state index in [0.29, 0.717) is 0 Å². The fourth-order valence-corrected chi connectivity index (χ4v) is 2.67. The van der Waals surface area contributed by atoms with Crippen molar-refractivity contribution < 1.29 is 0 Å². The lowest BCUT2D eigenvalue weighted by Crippen LogP contribution is -2.28. The van der Waals surface area contributed by atoms with Gasteiger partial charge in [-0.2, -0.15) is 0 Å². The normalized spacial score (nSPS) is 19.2. The Morgan fingerprint density at radius 3 is 2.77 bits per heavy atom. The van der Waals surface area contributed by atoms with Crippen LogP contribution in [0.1, 0.15) is 24.3 Å². The smallest absolute Gasteiger partial charge is 0.113 e. The SMILES string of the molecule is Clc1cnc(CN2CCCCC2)s1. The van der Waals surface area contributed by atoms with Crippen molar-refractivity contribution in [2.24, 2.45) is 0 Å². The van der Waals surface area contributed by atoms with Crippen LogP contribution >= 0.6 is 22.9 Å². The summed E-state index contributed by atoms with van der Waals surface area (Å²) in [6.45, 7) is 3.42. The molecule has 13 heavy (non-hydrogen) atoms. The minimum atomic E-state index is 0.798. The van der Waals surface area contributed by atoms with Gasteiger partial charge in [-0.1, -0.05) is 18.0 Å². The highest BCUT2D eigenvalue weighted by Crippen LogP contribution is 2.20. The van der Waals surface area contributed by atoms with Crippen molar-refractivity contribution in [1.29, 1.82) is 0 Å². The number of halogens is 1. The zero-order valence-corrected chi connectivity index (χ0v) is 9.07. The Morgan fingerprint density at radius 1 is 1.38 bits per heavy atom. The summed E-state index contributed by atoms with van der Waals surface area (Å²) >= 11 is 7.41. The van der Waals surface area contributed by atoms with Crippen LogP contribution in [0.5, 0.6) is 0 Å². The second-order valence-corrected chi connectivity index (χ2v) is 5.14. The Balaban J connectivity index is 1.89. The van der Waals surface area contributed by atoms with Crippen molar-refractivity contribution in [3.63, 3.8) is 0 Å². The van der Waals surface area contributed by atoms with E-state index in [2.05, 4.69) is 9.88 Å². The van der Waals surface area contributed by atoms with E-state index in [9.17, 15) is 0 Å². The predicted molar refractivity (Wildman–Crippen MR) is 56.3 cm³/mol. The molecule has 1 aliphatic heterocycles. The van der Waals surface area contributed by atoms with Crippen LogP contribution in [0.4, 0.5) is 0 Å². The van der Waals surface area contributed by atoms with Crippen LogP contribution in [0.15, 0.2) is 6.20 Å². The quantitative estimate of drug-likeness (QED) is 0.756. The Kier molecular flexibility index (Phi) is 3.19. The van der Waals surface area contributed by atoms with E-state index in [1.54, 1.807) is 17.5 Å². The van der Waals surface area contributed by atoms with Gasteiger partial charge in [-0.25, -0.2) is 4.98 Å². The maximum Gasteiger partial charge on any atom is 0.113 e. The molecule has 0 spiro atoms. The fourth-order valence-electron chi connectivity index (χ4n) is 1.67. The van der Waals surface area contributed by atoms with Gasteiger partial charge < -0.3 is 0 Å². The monoisotopic (exact) mass is 216 g/mol. The molecule has 0 saturated carbocycles. The Morgan fingerprint density at radius 2 is 2.15 bits per heavy atom. The number of thiazole rings is 1. The average Bonchev–Trinajstić information content (AvgIpc) is 2.53. The third kappa shape index (κ3) is 2.66. The van der Waals surface area contributed by atoms with Crippen LogP contribution in [0, 0.1) is 0 Å². The van der Waals surface area contributed by atoms with Gasteiger partial charge in [0.15, 0.2) is 0 Å². The first-order valence-electron chi connectivity index (χ1n) is 4.67. The Labute approximate surface area is 87.5 Å². The summed E-state index contributed by atoms with van der Waals surface area (Å²) in [5.41, 5.74) is 0. The maximum absolute atomic E-state index is 5.82. The molecular weight excluding hydrogens is 204 g/mol. The molecule has 4 heteroatoms. The molecule has 1 aliphatic rings. The molecule has 1 saturated heterocycles. The lowest BCUT2D eigenvalue weighted by molar-refractivity contribution is 0.220. The number of likely N-dealkylation sites (tertiary alicyclic amines) is 1. The van der Waals surface area contributed by atoms with Crippen molar-refractivity contribution in [3.8, 4) is 0 Å². The zero-order chi connectivity index (χ0) is 9.10. The third-order valence-electron chi connectivity index (χ3n) is 2.33. The number of nitrogens with zero attached hydrogens (tertiary/aromatic N) is 2. The summed E-state index contributed by atoms with van der Waals surface area (Å²) in [4.78, 5) is 6.71. The Hall–Kier alpha value is -0.120. The van der Waals surface area contributed by atoms with Gasteiger partial charge >= 0.3 is 0 Å². The van der Waals surface area contributed by atoms with Crippen LogP contribution in [-0.4, -0.2) is 23.0 Å². The summed E-state index contributed by atoms with van der Waals surface area (Å²) < 4.78 is 0.798. The molecule has 72 valence electrons. The second-order valence-electron chi connectivity index (χ2n) is 3.39. The largest absolute Gasteiger partial charge is 0.297 e. The highest BCUT2D eigenvalue weighted by atomic mass is 35.5. The third-order valence-corrected chi connectivity index (χ3v) is 3.43. The zero-order valence-electron chi connectivity index (χ0n) is 7.50. The summed E-state index contributed by atoms with van der Waals surface area (Å²) in [7, 11) is 0. The van der Waals surface area contributed by atoms with Crippen molar-refractivity contribution >= 4 is 22.9 Å². The summed E-state index contributed by atoms with van der Waals surface area (Å²) in [6, 6.07) is 0. The molecule has 0 unspecified atom stereocenters. The van der Waals surface area contributed by atoms with E-state index < -0.39 is 0 Å². The van der Waals surface area contributed by atoms with Gasteiger partial charge in [0.25, 0.3) is 0 Å². The van der Waals surface area contributed by atoms with Gasteiger partial charge in [-0.15, -0.1) is 11.3 Å². The van der Waals surface area contributed by atoms with Crippen LogP contribution in [0.25, 0.3) is 0 Å². The van der Waals surface area contributed by atoms with E-state index in [-0.39, 0.29) is 0 Å². The molecular formula is C9H13ClN2S. The Bertz CT molecular complexity index is 268. The van der Waals surface area contributed by atoms with Crippen molar-refractivity contribution in [2.45, 2.75) is 25.8 Å². The average molecular weight is 217 g/mol. The van der Waals surface area contributed by atoms with Crippen molar-refractivity contribution in [3.05, 3.63) is 15.5 Å². The number of hydrogen-bond donors (Lipinski definition) is 0. The first-order chi connectivity index (χ1) is 6.34. The summed E-state index contributed by atoms with van der Waals surface area (Å²) in [6.07, 6.45) is 5.79. The maximum atomic E-state index is 5.82. The number of rotatable bonds is 2. The number of hydrogen-bond acceptors (Lipinski definition) is 3. The fraction of sp³-hybridized carbons (Fsp3) is 0.667. The number of piperidine rings is 1. The summed E-state index contributed by atoms with van der Waals surface area (Å²) in [5, 5.41) is 1.15. The van der Waals surface area contributed by atoms with E-state index in [1.807, 2.05) is 0 Å². The first kappa shape index (κ1) is 9.44. The minimum Gasteiger partial charge on any atom is -0.297 e. The van der Waals surface area contributed by atoms with E-state index in [0.717, 1.165) is 15.9 Å². The molecule has 0 amide bonds. The van der Waals surface area contributed by atoms with Gasteiger partial charge in [-0.3, -0.25) is 4.90 Å². The summed E-state index contributed by atoms with van der Waals surface area (Å²) in [5.74, 6) is 0. The highest BCUT2D eigenvalue weighted by Gasteiger charge is 2.11. The van der Waals surface area contributed by atoms with Crippen molar-refractivity contribution in [2.75, 3.05) is 13.1 Å². The molecule has 0 aliphatic carbocycles. The van der Waals surface area contributed by atoms with Gasteiger partial charge in [0.05, 0.1) is 12.7 Å². The van der Waals surface area contributed by atoms with Gasteiger partial charge in [0.2, 0.25) is 0 Å². The van der Waals surface area contributed by atoms with E-state index in [1.165, 1.54) is 32.4 Å². The van der Waals surface area contributed by atoms with Crippen LogP contribution < -0.4 is 0 Å².